The SMILES string of the molecule is COCC(=O)Cc1nc(C2(OC)CCC(C)(C)CC2)no1. The van der Waals surface area contributed by atoms with Crippen LogP contribution in [0.5, 0.6) is 0 Å². The molecule has 6 heteroatoms. The van der Waals surface area contributed by atoms with Gasteiger partial charge in [-0.1, -0.05) is 19.0 Å². The van der Waals surface area contributed by atoms with Crippen molar-refractivity contribution in [3.63, 3.8) is 0 Å². The van der Waals surface area contributed by atoms with Crippen molar-refractivity contribution in [1.29, 1.82) is 0 Å². The molecule has 1 saturated carbocycles. The molecule has 1 heterocycles. The Labute approximate surface area is 125 Å². The molecule has 1 aromatic rings. The normalized spacial score (nSPS) is 20.4. The average molecular weight is 296 g/mol. The van der Waals surface area contributed by atoms with Crippen LogP contribution < -0.4 is 0 Å². The topological polar surface area (TPSA) is 74.5 Å². The zero-order chi connectivity index (χ0) is 15.5. The van der Waals surface area contributed by atoms with Gasteiger partial charge in [0.2, 0.25) is 11.7 Å². The second-order valence-electron chi connectivity index (χ2n) is 6.52. The van der Waals surface area contributed by atoms with E-state index in [1.165, 1.54) is 7.11 Å². The third kappa shape index (κ3) is 3.68. The first-order chi connectivity index (χ1) is 9.91. The maximum absolute atomic E-state index is 11.5. The molecule has 0 spiro atoms. The van der Waals surface area contributed by atoms with Crippen LogP contribution in [-0.4, -0.2) is 36.8 Å². The molecule has 21 heavy (non-hydrogen) atoms. The second kappa shape index (κ2) is 6.23. The van der Waals surface area contributed by atoms with Crippen LogP contribution in [0, 0.1) is 5.41 Å². The molecule has 0 radical (unpaired) electrons. The first-order valence-corrected chi connectivity index (χ1v) is 7.30. The number of rotatable bonds is 6. The molecular formula is C15H24N2O4. The quantitative estimate of drug-likeness (QED) is 0.801. The van der Waals surface area contributed by atoms with Crippen LogP contribution in [-0.2, 0) is 26.3 Å². The highest BCUT2D eigenvalue weighted by atomic mass is 16.5. The van der Waals surface area contributed by atoms with E-state index in [0.717, 1.165) is 25.7 Å². The van der Waals surface area contributed by atoms with Gasteiger partial charge in [-0.25, -0.2) is 0 Å². The Morgan fingerprint density at radius 1 is 1.24 bits per heavy atom. The Morgan fingerprint density at radius 2 is 1.90 bits per heavy atom. The van der Waals surface area contributed by atoms with Crippen LogP contribution in [0.1, 0.15) is 51.2 Å². The lowest BCUT2D eigenvalue weighted by atomic mass is 9.70. The fraction of sp³-hybridized carbons (Fsp3) is 0.800. The summed E-state index contributed by atoms with van der Waals surface area (Å²) in [4.78, 5) is 15.9. The number of carbonyl (C=O) groups excluding carboxylic acids is 1. The van der Waals surface area contributed by atoms with Gasteiger partial charge in [-0.05, 0) is 31.1 Å². The van der Waals surface area contributed by atoms with E-state index in [-0.39, 0.29) is 18.8 Å². The van der Waals surface area contributed by atoms with Crippen molar-refractivity contribution in [3.05, 3.63) is 11.7 Å². The molecule has 6 nitrogen and oxygen atoms in total. The van der Waals surface area contributed by atoms with E-state index in [4.69, 9.17) is 14.0 Å². The third-order valence-electron chi connectivity index (χ3n) is 4.33. The van der Waals surface area contributed by atoms with Gasteiger partial charge in [-0.2, -0.15) is 4.98 Å². The Kier molecular flexibility index (Phi) is 4.78. The highest BCUT2D eigenvalue weighted by Crippen LogP contribution is 2.46. The Bertz CT molecular complexity index is 486. The van der Waals surface area contributed by atoms with E-state index >= 15 is 0 Å². The van der Waals surface area contributed by atoms with Crippen LogP contribution in [0.4, 0.5) is 0 Å². The summed E-state index contributed by atoms with van der Waals surface area (Å²) < 4.78 is 15.7. The Hall–Kier alpha value is -1.27. The van der Waals surface area contributed by atoms with Gasteiger partial charge in [0.05, 0.1) is 6.42 Å². The van der Waals surface area contributed by atoms with Crippen LogP contribution in [0.15, 0.2) is 4.52 Å². The third-order valence-corrected chi connectivity index (χ3v) is 4.33. The predicted octanol–water partition coefficient (Wildman–Crippen LogP) is 2.27. The summed E-state index contributed by atoms with van der Waals surface area (Å²) >= 11 is 0. The summed E-state index contributed by atoms with van der Waals surface area (Å²) in [6.07, 6.45) is 3.93. The van der Waals surface area contributed by atoms with Gasteiger partial charge in [0.15, 0.2) is 5.78 Å². The lowest BCUT2D eigenvalue weighted by molar-refractivity contribution is -0.122. The number of ether oxygens (including phenoxy) is 2. The van der Waals surface area contributed by atoms with Crippen molar-refractivity contribution in [2.75, 3.05) is 20.8 Å². The van der Waals surface area contributed by atoms with E-state index in [2.05, 4.69) is 24.0 Å². The summed E-state index contributed by atoms with van der Waals surface area (Å²) in [7, 11) is 3.17. The first kappa shape index (κ1) is 16.1. The van der Waals surface area contributed by atoms with Gasteiger partial charge in [0.25, 0.3) is 0 Å². The Balaban J connectivity index is 2.10. The number of carbonyl (C=O) groups is 1. The first-order valence-electron chi connectivity index (χ1n) is 7.30. The molecule has 0 aliphatic heterocycles. The van der Waals surface area contributed by atoms with Crippen molar-refractivity contribution in [2.24, 2.45) is 5.41 Å². The highest BCUT2D eigenvalue weighted by Gasteiger charge is 2.43. The highest BCUT2D eigenvalue weighted by molar-refractivity contribution is 5.81. The molecule has 1 aromatic heterocycles. The van der Waals surface area contributed by atoms with Crippen LogP contribution in [0.25, 0.3) is 0 Å². The minimum Gasteiger partial charge on any atom is -0.377 e. The number of methoxy groups -OCH3 is 2. The Morgan fingerprint density at radius 3 is 2.48 bits per heavy atom. The molecule has 1 fully saturated rings. The summed E-state index contributed by atoms with van der Waals surface area (Å²) in [6, 6.07) is 0. The number of hydrogen-bond donors (Lipinski definition) is 0. The lowest BCUT2D eigenvalue weighted by Crippen LogP contribution is -2.37. The van der Waals surface area contributed by atoms with Crippen molar-refractivity contribution < 1.29 is 18.8 Å². The summed E-state index contributed by atoms with van der Waals surface area (Å²) in [5, 5.41) is 4.04. The van der Waals surface area contributed by atoms with Gasteiger partial charge in [0.1, 0.15) is 12.2 Å². The number of aromatic nitrogens is 2. The van der Waals surface area contributed by atoms with Crippen molar-refractivity contribution in [3.8, 4) is 0 Å². The van der Waals surface area contributed by atoms with E-state index in [0.29, 0.717) is 17.1 Å². The standard InChI is InChI=1S/C15H24N2O4/c1-14(2)5-7-15(20-4,8-6-14)13-16-12(21-17-13)9-11(18)10-19-3/h5-10H2,1-4H3. The van der Waals surface area contributed by atoms with E-state index in [1.807, 2.05) is 0 Å². The van der Waals surface area contributed by atoms with E-state index in [9.17, 15) is 4.79 Å². The maximum Gasteiger partial charge on any atom is 0.234 e. The predicted molar refractivity (Wildman–Crippen MR) is 75.8 cm³/mol. The number of nitrogens with zero attached hydrogens (tertiary/aromatic N) is 2. The van der Waals surface area contributed by atoms with Gasteiger partial charge in [0, 0.05) is 14.2 Å². The maximum atomic E-state index is 11.5. The molecule has 118 valence electrons. The fourth-order valence-corrected chi connectivity index (χ4v) is 2.74. The van der Waals surface area contributed by atoms with Crippen LogP contribution in [0.3, 0.4) is 0 Å². The average Bonchev–Trinajstić information content (AvgIpc) is 2.89. The molecule has 0 amide bonds. The van der Waals surface area contributed by atoms with Gasteiger partial charge in [-0.3, -0.25) is 4.79 Å². The molecule has 1 aliphatic rings. The van der Waals surface area contributed by atoms with Crippen LogP contribution >= 0.6 is 0 Å². The largest absolute Gasteiger partial charge is 0.377 e. The second-order valence-corrected chi connectivity index (χ2v) is 6.52. The van der Waals surface area contributed by atoms with E-state index in [1.54, 1.807) is 7.11 Å². The molecule has 0 atom stereocenters. The molecule has 0 bridgehead atoms. The number of hydrogen-bond acceptors (Lipinski definition) is 6. The minimum absolute atomic E-state index is 0.0569. The summed E-state index contributed by atoms with van der Waals surface area (Å²) in [5.74, 6) is 0.804. The molecule has 2 rings (SSSR count). The van der Waals surface area contributed by atoms with Crippen molar-refractivity contribution in [1.82, 2.24) is 10.1 Å². The lowest BCUT2D eigenvalue weighted by Gasteiger charge is -2.40. The van der Waals surface area contributed by atoms with Crippen molar-refractivity contribution in [2.45, 2.75) is 51.6 Å². The molecule has 0 N–H and O–H groups in total. The van der Waals surface area contributed by atoms with E-state index < -0.39 is 5.60 Å². The fourth-order valence-electron chi connectivity index (χ4n) is 2.74. The summed E-state index contributed by atoms with van der Waals surface area (Å²) in [6.45, 7) is 4.58. The zero-order valence-corrected chi connectivity index (χ0v) is 13.3. The van der Waals surface area contributed by atoms with Gasteiger partial charge in [-0.15, -0.1) is 0 Å². The van der Waals surface area contributed by atoms with Gasteiger partial charge < -0.3 is 14.0 Å². The molecule has 0 unspecified atom stereocenters. The molecule has 1 aliphatic carbocycles. The number of ketones is 1. The smallest absolute Gasteiger partial charge is 0.234 e. The molecule has 0 aromatic carbocycles. The van der Waals surface area contributed by atoms with Crippen LogP contribution in [0.2, 0.25) is 0 Å². The number of Topliss-reactive ketones (excluding diaryl/α,β-unsaturated/α-hetero) is 1. The monoisotopic (exact) mass is 296 g/mol. The minimum atomic E-state index is -0.485. The van der Waals surface area contributed by atoms with Gasteiger partial charge >= 0.3 is 0 Å². The molecular weight excluding hydrogens is 272 g/mol. The summed E-state index contributed by atoms with van der Waals surface area (Å²) in [5.41, 5.74) is -0.162. The van der Waals surface area contributed by atoms with Crippen molar-refractivity contribution >= 4 is 5.78 Å². The molecule has 0 saturated heterocycles. The zero-order valence-electron chi connectivity index (χ0n) is 13.3.